The molecule has 122 valence electrons. The van der Waals surface area contributed by atoms with E-state index in [4.69, 9.17) is 10.2 Å². The van der Waals surface area contributed by atoms with Gasteiger partial charge in [0.05, 0.1) is 17.3 Å². The Morgan fingerprint density at radius 3 is 2.60 bits per heavy atom. The highest BCUT2D eigenvalue weighted by Crippen LogP contribution is 2.42. The van der Waals surface area contributed by atoms with E-state index in [1.165, 1.54) is 0 Å². The number of para-hydroxylation sites is 1. The Hall–Kier alpha value is -2.91. The molecule has 2 N–H and O–H groups in total. The Balaban J connectivity index is 2.08. The van der Waals surface area contributed by atoms with Crippen LogP contribution in [0.15, 0.2) is 67.2 Å². The molecule has 2 heterocycles. The quantitative estimate of drug-likeness (QED) is 0.635. The van der Waals surface area contributed by atoms with Gasteiger partial charge in [-0.25, -0.2) is 9.79 Å². The van der Waals surface area contributed by atoms with Crippen molar-refractivity contribution in [3.63, 3.8) is 0 Å². The van der Waals surface area contributed by atoms with Crippen LogP contribution in [0.2, 0.25) is 0 Å². The minimum atomic E-state index is -0.724. The number of hydrogen-bond acceptors (Lipinski definition) is 5. The molecule has 25 heavy (non-hydrogen) atoms. The predicted octanol–water partition coefficient (Wildman–Crippen LogP) is 3.83. The minimum Gasteiger partial charge on any atom is -0.422 e. The standard InChI is InChI=1S/C19H12BrN3O2/c20-11-7-5-10(6-8-11)15-13(9-21)18(22)23-17-12-3-1-2-4-14(12)25-19(24)16(15)17/h1-8,13,15H,(H2,22,23). The molecular weight excluding hydrogens is 382 g/mol. The molecule has 2 aromatic carbocycles. The molecule has 1 aliphatic rings. The number of amidine groups is 1. The van der Waals surface area contributed by atoms with Crippen LogP contribution in [0, 0.1) is 17.2 Å². The second-order valence-electron chi connectivity index (χ2n) is 5.82. The summed E-state index contributed by atoms with van der Waals surface area (Å²) in [6.45, 7) is 0. The van der Waals surface area contributed by atoms with Crippen LogP contribution in [0.25, 0.3) is 11.0 Å². The van der Waals surface area contributed by atoms with Gasteiger partial charge >= 0.3 is 5.63 Å². The van der Waals surface area contributed by atoms with Crippen LogP contribution in [0.1, 0.15) is 17.0 Å². The highest BCUT2D eigenvalue weighted by atomic mass is 79.9. The highest BCUT2D eigenvalue weighted by Gasteiger charge is 2.37. The van der Waals surface area contributed by atoms with E-state index >= 15 is 0 Å². The van der Waals surface area contributed by atoms with Gasteiger partial charge in [0.1, 0.15) is 17.3 Å². The molecular formula is C19H12BrN3O2. The van der Waals surface area contributed by atoms with E-state index in [1.54, 1.807) is 12.1 Å². The number of nitrogens with zero attached hydrogens (tertiary/aromatic N) is 2. The second-order valence-corrected chi connectivity index (χ2v) is 6.74. The van der Waals surface area contributed by atoms with E-state index in [9.17, 15) is 10.1 Å². The van der Waals surface area contributed by atoms with Crippen LogP contribution < -0.4 is 11.4 Å². The van der Waals surface area contributed by atoms with Gasteiger partial charge in [0.2, 0.25) is 0 Å². The molecule has 2 unspecified atom stereocenters. The summed E-state index contributed by atoms with van der Waals surface area (Å²) in [4.78, 5) is 17.1. The van der Waals surface area contributed by atoms with Crippen molar-refractivity contribution >= 4 is 38.4 Å². The van der Waals surface area contributed by atoms with Crippen LogP contribution in [-0.4, -0.2) is 5.84 Å². The van der Waals surface area contributed by atoms with Crippen LogP contribution in [0.5, 0.6) is 0 Å². The average molecular weight is 394 g/mol. The number of benzene rings is 2. The van der Waals surface area contributed by atoms with Crippen molar-refractivity contribution in [2.45, 2.75) is 5.92 Å². The summed E-state index contributed by atoms with van der Waals surface area (Å²) >= 11 is 3.40. The Bertz CT molecular complexity index is 1110. The van der Waals surface area contributed by atoms with E-state index in [-0.39, 0.29) is 5.84 Å². The zero-order valence-corrected chi connectivity index (χ0v) is 14.5. The first-order valence-corrected chi connectivity index (χ1v) is 8.44. The topological polar surface area (TPSA) is 92.4 Å². The third kappa shape index (κ3) is 2.44. The molecule has 0 saturated carbocycles. The molecule has 0 saturated heterocycles. The lowest BCUT2D eigenvalue weighted by Crippen LogP contribution is -2.34. The molecule has 0 bridgehead atoms. The molecule has 0 spiro atoms. The van der Waals surface area contributed by atoms with E-state index < -0.39 is 17.5 Å². The number of nitrogens with two attached hydrogens (primary N) is 1. The van der Waals surface area contributed by atoms with E-state index in [1.807, 2.05) is 36.4 Å². The summed E-state index contributed by atoms with van der Waals surface area (Å²) in [6.07, 6.45) is 0. The third-order valence-corrected chi connectivity index (χ3v) is 4.92. The zero-order valence-electron chi connectivity index (χ0n) is 12.9. The number of rotatable bonds is 1. The summed E-state index contributed by atoms with van der Waals surface area (Å²) in [6, 6.07) is 16.9. The summed E-state index contributed by atoms with van der Waals surface area (Å²) in [7, 11) is 0. The van der Waals surface area contributed by atoms with Gasteiger partial charge in [-0.15, -0.1) is 0 Å². The predicted molar refractivity (Wildman–Crippen MR) is 98.9 cm³/mol. The van der Waals surface area contributed by atoms with Crippen molar-refractivity contribution in [1.29, 1.82) is 5.26 Å². The number of nitriles is 1. The van der Waals surface area contributed by atoms with Crippen molar-refractivity contribution in [2.75, 3.05) is 0 Å². The lowest BCUT2D eigenvalue weighted by Gasteiger charge is -2.27. The van der Waals surface area contributed by atoms with Crippen LogP contribution in [-0.2, 0) is 0 Å². The Kier molecular flexibility index (Phi) is 3.66. The molecule has 4 rings (SSSR count). The molecule has 1 aromatic heterocycles. The first-order chi connectivity index (χ1) is 12.1. The fraction of sp³-hybridized carbons (Fsp3) is 0.105. The zero-order chi connectivity index (χ0) is 17.6. The average Bonchev–Trinajstić information content (AvgIpc) is 2.61. The Labute approximate surface area is 151 Å². The second kappa shape index (κ2) is 5.87. The highest BCUT2D eigenvalue weighted by molar-refractivity contribution is 9.10. The minimum absolute atomic E-state index is 0.207. The number of hydrogen-bond donors (Lipinski definition) is 1. The molecule has 0 radical (unpaired) electrons. The first-order valence-electron chi connectivity index (χ1n) is 7.65. The van der Waals surface area contributed by atoms with Gasteiger partial charge < -0.3 is 10.2 Å². The lowest BCUT2D eigenvalue weighted by atomic mass is 9.78. The van der Waals surface area contributed by atoms with Gasteiger partial charge in [0.25, 0.3) is 0 Å². The summed E-state index contributed by atoms with van der Waals surface area (Å²) in [5, 5.41) is 10.3. The van der Waals surface area contributed by atoms with Gasteiger partial charge in [-0.1, -0.05) is 40.2 Å². The summed E-state index contributed by atoms with van der Waals surface area (Å²) in [5.41, 5.74) is 7.73. The van der Waals surface area contributed by atoms with Crippen LogP contribution in [0.4, 0.5) is 5.69 Å². The fourth-order valence-electron chi connectivity index (χ4n) is 3.25. The number of halogens is 1. The van der Waals surface area contributed by atoms with Crippen molar-refractivity contribution in [3.8, 4) is 6.07 Å². The molecule has 2 atom stereocenters. The SMILES string of the molecule is N#CC1C(N)=Nc2c(c(=O)oc3ccccc23)C1c1ccc(Br)cc1. The Morgan fingerprint density at radius 2 is 1.88 bits per heavy atom. The maximum atomic E-state index is 12.7. The van der Waals surface area contributed by atoms with Crippen LogP contribution >= 0.6 is 15.9 Å². The van der Waals surface area contributed by atoms with E-state index in [0.717, 1.165) is 10.0 Å². The number of fused-ring (bicyclic) bond motifs is 3. The van der Waals surface area contributed by atoms with E-state index in [0.29, 0.717) is 22.2 Å². The normalized spacial score (nSPS) is 19.1. The molecule has 6 heteroatoms. The fourth-order valence-corrected chi connectivity index (χ4v) is 3.51. The molecule has 0 fully saturated rings. The van der Waals surface area contributed by atoms with Crippen molar-refractivity contribution < 1.29 is 4.42 Å². The molecule has 5 nitrogen and oxygen atoms in total. The van der Waals surface area contributed by atoms with Gasteiger partial charge in [0, 0.05) is 15.8 Å². The maximum absolute atomic E-state index is 12.7. The van der Waals surface area contributed by atoms with Gasteiger partial charge in [0.15, 0.2) is 0 Å². The third-order valence-electron chi connectivity index (χ3n) is 4.39. The first kappa shape index (κ1) is 15.6. The lowest BCUT2D eigenvalue weighted by molar-refractivity contribution is 0.536. The molecule has 3 aromatic rings. The van der Waals surface area contributed by atoms with Gasteiger partial charge in [-0.3, -0.25) is 0 Å². The smallest absolute Gasteiger partial charge is 0.342 e. The molecule has 0 amide bonds. The van der Waals surface area contributed by atoms with Crippen LogP contribution in [0.3, 0.4) is 0 Å². The Morgan fingerprint density at radius 1 is 1.16 bits per heavy atom. The number of aliphatic imine (C=N–C) groups is 1. The van der Waals surface area contributed by atoms with Crippen molar-refractivity contribution in [2.24, 2.45) is 16.6 Å². The van der Waals surface area contributed by atoms with Crippen molar-refractivity contribution in [1.82, 2.24) is 0 Å². The maximum Gasteiger partial charge on any atom is 0.342 e. The van der Waals surface area contributed by atoms with E-state index in [2.05, 4.69) is 27.0 Å². The molecule has 1 aliphatic heterocycles. The largest absolute Gasteiger partial charge is 0.422 e. The molecule has 0 aliphatic carbocycles. The van der Waals surface area contributed by atoms with Gasteiger partial charge in [-0.05, 0) is 29.8 Å². The summed E-state index contributed by atoms with van der Waals surface area (Å²) < 4.78 is 6.39. The van der Waals surface area contributed by atoms with Gasteiger partial charge in [-0.2, -0.15) is 5.26 Å². The van der Waals surface area contributed by atoms with Crippen molar-refractivity contribution in [3.05, 3.63) is 74.6 Å². The summed E-state index contributed by atoms with van der Waals surface area (Å²) in [5.74, 6) is -1.04. The monoisotopic (exact) mass is 393 g/mol.